The molecule has 0 radical (unpaired) electrons. The number of benzene rings is 2. The highest BCUT2D eigenvalue weighted by Gasteiger charge is 2.29. The van der Waals surface area contributed by atoms with Crippen molar-refractivity contribution in [1.29, 1.82) is 0 Å². The number of hydrogen-bond donors (Lipinski definition) is 1. The molecule has 0 bridgehead atoms. The topological polar surface area (TPSA) is 32.3 Å². The van der Waals surface area contributed by atoms with E-state index in [0.29, 0.717) is 18.0 Å². The molecule has 2 aromatic rings. The van der Waals surface area contributed by atoms with E-state index in [1.807, 2.05) is 47.4 Å². The van der Waals surface area contributed by atoms with Crippen molar-refractivity contribution in [2.75, 3.05) is 16.8 Å². The van der Waals surface area contributed by atoms with Crippen molar-refractivity contribution in [1.82, 2.24) is 0 Å². The number of halogens is 1. The maximum absolute atomic E-state index is 12.5. The Hall–Kier alpha value is -2.00. The normalized spacial score (nSPS) is 16.5. The minimum Gasteiger partial charge on any atom is -0.383 e. The SMILES string of the molecule is CC1Cc2ccccc2N1C(=O)CCNc1ccccc1Cl. The van der Waals surface area contributed by atoms with Crippen LogP contribution in [0.15, 0.2) is 48.5 Å². The van der Waals surface area contributed by atoms with Gasteiger partial charge in [-0.15, -0.1) is 0 Å². The lowest BCUT2D eigenvalue weighted by molar-refractivity contribution is -0.118. The average molecular weight is 315 g/mol. The lowest BCUT2D eigenvalue weighted by atomic mass is 10.1. The van der Waals surface area contributed by atoms with E-state index in [4.69, 9.17) is 11.6 Å². The second-order valence-electron chi connectivity index (χ2n) is 5.60. The Kier molecular flexibility index (Phi) is 4.34. The van der Waals surface area contributed by atoms with E-state index in [9.17, 15) is 4.79 Å². The summed E-state index contributed by atoms with van der Waals surface area (Å²) in [5.41, 5.74) is 3.17. The summed E-state index contributed by atoms with van der Waals surface area (Å²) in [5, 5.41) is 3.90. The maximum Gasteiger partial charge on any atom is 0.229 e. The number of amides is 1. The molecule has 1 N–H and O–H groups in total. The van der Waals surface area contributed by atoms with E-state index in [-0.39, 0.29) is 11.9 Å². The van der Waals surface area contributed by atoms with Gasteiger partial charge in [0.1, 0.15) is 0 Å². The summed E-state index contributed by atoms with van der Waals surface area (Å²) in [6, 6.07) is 15.9. The third kappa shape index (κ3) is 2.95. The number of hydrogen-bond acceptors (Lipinski definition) is 2. The van der Waals surface area contributed by atoms with Gasteiger partial charge < -0.3 is 10.2 Å². The second-order valence-corrected chi connectivity index (χ2v) is 6.01. The quantitative estimate of drug-likeness (QED) is 0.920. The van der Waals surface area contributed by atoms with Gasteiger partial charge in [0.05, 0.1) is 10.7 Å². The fraction of sp³-hybridized carbons (Fsp3) is 0.278. The van der Waals surface area contributed by atoms with Gasteiger partial charge in [0.2, 0.25) is 5.91 Å². The van der Waals surface area contributed by atoms with Crippen molar-refractivity contribution in [2.24, 2.45) is 0 Å². The summed E-state index contributed by atoms with van der Waals surface area (Å²) < 4.78 is 0. The summed E-state index contributed by atoms with van der Waals surface area (Å²) in [4.78, 5) is 14.5. The number of anilines is 2. The fourth-order valence-electron chi connectivity index (χ4n) is 2.97. The minimum absolute atomic E-state index is 0.150. The molecular formula is C18H19ClN2O. The minimum atomic E-state index is 0.150. The molecule has 4 heteroatoms. The number of carbonyl (C=O) groups excluding carboxylic acids is 1. The van der Waals surface area contributed by atoms with Crippen LogP contribution in [0.1, 0.15) is 18.9 Å². The fourth-order valence-corrected chi connectivity index (χ4v) is 3.18. The van der Waals surface area contributed by atoms with Crippen LogP contribution in [0.5, 0.6) is 0 Å². The smallest absolute Gasteiger partial charge is 0.229 e. The van der Waals surface area contributed by atoms with Crippen LogP contribution in [0.3, 0.4) is 0 Å². The molecule has 1 aliphatic rings. The summed E-state index contributed by atoms with van der Waals surface area (Å²) in [7, 11) is 0. The Morgan fingerprint density at radius 2 is 1.95 bits per heavy atom. The van der Waals surface area contributed by atoms with E-state index < -0.39 is 0 Å². The molecule has 3 rings (SSSR count). The molecular weight excluding hydrogens is 296 g/mol. The monoisotopic (exact) mass is 314 g/mol. The standard InChI is InChI=1S/C18H19ClN2O/c1-13-12-14-6-2-5-9-17(14)21(13)18(22)10-11-20-16-8-4-3-7-15(16)19/h2-9,13,20H,10-12H2,1H3. The summed E-state index contributed by atoms with van der Waals surface area (Å²) in [6.45, 7) is 2.67. The predicted molar refractivity (Wildman–Crippen MR) is 91.7 cm³/mol. The molecule has 1 aliphatic heterocycles. The highest BCUT2D eigenvalue weighted by molar-refractivity contribution is 6.33. The van der Waals surface area contributed by atoms with E-state index in [1.165, 1.54) is 5.56 Å². The number of nitrogens with one attached hydrogen (secondary N) is 1. The Morgan fingerprint density at radius 1 is 1.23 bits per heavy atom. The Labute approximate surface area is 135 Å². The zero-order valence-electron chi connectivity index (χ0n) is 12.6. The number of para-hydroxylation sites is 2. The van der Waals surface area contributed by atoms with E-state index in [2.05, 4.69) is 18.3 Å². The van der Waals surface area contributed by atoms with Gasteiger partial charge in [0.15, 0.2) is 0 Å². The molecule has 1 atom stereocenters. The molecule has 0 spiro atoms. The molecule has 114 valence electrons. The van der Waals surface area contributed by atoms with Crippen LogP contribution < -0.4 is 10.2 Å². The van der Waals surface area contributed by atoms with E-state index in [1.54, 1.807) is 0 Å². The Balaban J connectivity index is 1.62. The predicted octanol–water partition coefficient (Wildman–Crippen LogP) is 4.12. The highest BCUT2D eigenvalue weighted by Crippen LogP contribution is 2.32. The highest BCUT2D eigenvalue weighted by atomic mass is 35.5. The van der Waals surface area contributed by atoms with Gasteiger partial charge in [0, 0.05) is 24.7 Å². The van der Waals surface area contributed by atoms with Crippen LogP contribution in [0, 0.1) is 0 Å². The van der Waals surface area contributed by atoms with Gasteiger partial charge in [0.25, 0.3) is 0 Å². The summed E-state index contributed by atoms with van der Waals surface area (Å²) in [5.74, 6) is 0.150. The molecule has 1 unspecified atom stereocenters. The average Bonchev–Trinajstić information content (AvgIpc) is 2.85. The van der Waals surface area contributed by atoms with Crippen molar-refractivity contribution in [3.63, 3.8) is 0 Å². The molecule has 0 aromatic heterocycles. The third-order valence-electron chi connectivity index (χ3n) is 4.00. The van der Waals surface area contributed by atoms with E-state index in [0.717, 1.165) is 17.8 Å². The number of rotatable bonds is 4. The van der Waals surface area contributed by atoms with Gasteiger partial charge >= 0.3 is 0 Å². The first-order valence-corrected chi connectivity index (χ1v) is 7.93. The van der Waals surface area contributed by atoms with Gasteiger partial charge in [-0.25, -0.2) is 0 Å². The van der Waals surface area contributed by atoms with Crippen molar-refractivity contribution in [3.8, 4) is 0 Å². The molecule has 1 heterocycles. The molecule has 1 amide bonds. The van der Waals surface area contributed by atoms with Gasteiger partial charge in [-0.3, -0.25) is 4.79 Å². The third-order valence-corrected chi connectivity index (χ3v) is 4.33. The van der Waals surface area contributed by atoms with Crippen molar-refractivity contribution in [3.05, 3.63) is 59.1 Å². The maximum atomic E-state index is 12.5. The van der Waals surface area contributed by atoms with Crippen molar-refractivity contribution in [2.45, 2.75) is 25.8 Å². The number of fused-ring (bicyclic) bond motifs is 1. The van der Waals surface area contributed by atoms with Crippen molar-refractivity contribution < 1.29 is 4.79 Å². The first-order valence-electron chi connectivity index (χ1n) is 7.55. The molecule has 0 fully saturated rings. The number of nitrogens with zero attached hydrogens (tertiary/aromatic N) is 1. The largest absolute Gasteiger partial charge is 0.383 e. The molecule has 0 aliphatic carbocycles. The van der Waals surface area contributed by atoms with Gasteiger partial charge in [-0.2, -0.15) is 0 Å². The molecule has 2 aromatic carbocycles. The second kappa shape index (κ2) is 6.41. The lowest BCUT2D eigenvalue weighted by Crippen LogP contribution is -2.36. The zero-order chi connectivity index (χ0) is 15.5. The summed E-state index contributed by atoms with van der Waals surface area (Å²) >= 11 is 6.10. The summed E-state index contributed by atoms with van der Waals surface area (Å²) in [6.07, 6.45) is 1.38. The molecule has 0 saturated heterocycles. The zero-order valence-corrected chi connectivity index (χ0v) is 13.3. The number of carbonyl (C=O) groups is 1. The molecule has 3 nitrogen and oxygen atoms in total. The van der Waals surface area contributed by atoms with Crippen molar-refractivity contribution >= 4 is 28.9 Å². The van der Waals surface area contributed by atoms with Crippen LogP contribution in [-0.4, -0.2) is 18.5 Å². The van der Waals surface area contributed by atoms with Crippen LogP contribution in [0.25, 0.3) is 0 Å². The Bertz CT molecular complexity index is 686. The van der Waals surface area contributed by atoms with E-state index >= 15 is 0 Å². The van der Waals surface area contributed by atoms with Crippen LogP contribution >= 0.6 is 11.6 Å². The molecule has 22 heavy (non-hydrogen) atoms. The van der Waals surface area contributed by atoms with Crippen LogP contribution in [0.2, 0.25) is 5.02 Å². The first kappa shape index (κ1) is 14.9. The van der Waals surface area contributed by atoms with Crippen LogP contribution in [0.4, 0.5) is 11.4 Å². The molecule has 0 saturated carbocycles. The Morgan fingerprint density at radius 3 is 2.77 bits per heavy atom. The van der Waals surface area contributed by atoms with Crippen LogP contribution in [-0.2, 0) is 11.2 Å². The van der Waals surface area contributed by atoms with Gasteiger partial charge in [-0.1, -0.05) is 41.9 Å². The van der Waals surface area contributed by atoms with Gasteiger partial charge in [-0.05, 0) is 37.1 Å². The first-order chi connectivity index (χ1) is 10.7. The lowest BCUT2D eigenvalue weighted by Gasteiger charge is -2.23.